The molecule has 2 fully saturated rings. The maximum Gasteiger partial charge on any atom is 0.308 e. The first-order valence-electron chi connectivity index (χ1n) is 21.6. The summed E-state index contributed by atoms with van der Waals surface area (Å²) in [7, 11) is 0. The molecule has 2 N–H and O–H groups in total. The number of allylic oxidation sites excluding steroid dienone is 10. The van der Waals surface area contributed by atoms with E-state index in [9.17, 15) is 9.59 Å². The first-order chi connectivity index (χ1) is 26.2. The summed E-state index contributed by atoms with van der Waals surface area (Å²) in [6.07, 6.45) is 26.1. The number of carbonyl (C=O) groups is 2. The lowest BCUT2D eigenvalue weighted by atomic mass is 9.71. The zero-order valence-electron chi connectivity index (χ0n) is 37.5. The minimum Gasteiger partial charge on any atom is -0.481 e. The molecule has 56 heavy (non-hydrogen) atoms. The van der Waals surface area contributed by atoms with Gasteiger partial charge in [-0.2, -0.15) is 0 Å². The number of aliphatic carboxylic acids is 2. The SMILES string of the molecule is CC(C)=CCC/C(C)=C/CC/C(C)=C/CCC1(C)CCC([C@H](C)C(=O)O)OO1.CC1=C(CC/C(C)=C/CCC2(C)CCC([C@H](C)C(=O)O)OO2)C(C)(C)CCC1. The van der Waals surface area contributed by atoms with Gasteiger partial charge >= 0.3 is 11.9 Å². The normalized spacial score (nSPS) is 27.2. The van der Waals surface area contributed by atoms with E-state index in [4.69, 9.17) is 29.8 Å². The molecule has 0 radical (unpaired) electrons. The van der Waals surface area contributed by atoms with E-state index in [1.807, 2.05) is 0 Å². The summed E-state index contributed by atoms with van der Waals surface area (Å²) >= 11 is 0. The van der Waals surface area contributed by atoms with Crippen molar-refractivity contribution in [1.82, 2.24) is 0 Å². The Labute approximate surface area is 341 Å². The second kappa shape index (κ2) is 23.8. The predicted molar refractivity (Wildman–Crippen MR) is 228 cm³/mol. The van der Waals surface area contributed by atoms with Crippen molar-refractivity contribution < 1.29 is 39.4 Å². The van der Waals surface area contributed by atoms with E-state index in [1.54, 1.807) is 25.0 Å². The maximum atomic E-state index is 11.1. The first kappa shape index (κ1) is 49.6. The van der Waals surface area contributed by atoms with Crippen LogP contribution in [0.25, 0.3) is 0 Å². The molecule has 3 aliphatic rings. The van der Waals surface area contributed by atoms with Crippen LogP contribution in [0, 0.1) is 17.3 Å². The Morgan fingerprint density at radius 1 is 0.679 bits per heavy atom. The second-order valence-electron chi connectivity index (χ2n) is 18.8. The van der Waals surface area contributed by atoms with Crippen LogP contribution in [-0.2, 0) is 29.1 Å². The molecule has 320 valence electrons. The van der Waals surface area contributed by atoms with E-state index < -0.39 is 23.8 Å². The highest BCUT2D eigenvalue weighted by atomic mass is 17.2. The Bertz CT molecular complexity index is 1390. The molecule has 3 rings (SSSR count). The lowest BCUT2D eigenvalue weighted by Gasteiger charge is -2.37. The quantitative estimate of drug-likeness (QED) is 0.0984. The van der Waals surface area contributed by atoms with Crippen LogP contribution >= 0.6 is 0 Å². The Kier molecular flexibility index (Phi) is 21.1. The van der Waals surface area contributed by atoms with Crippen LogP contribution in [0.15, 0.2) is 57.7 Å². The Hall–Kier alpha value is -2.52. The largest absolute Gasteiger partial charge is 0.481 e. The van der Waals surface area contributed by atoms with Crippen molar-refractivity contribution in [3.8, 4) is 0 Å². The fraction of sp³-hybridized carbons (Fsp3) is 0.750. The molecule has 1 aliphatic carbocycles. The molecule has 0 aromatic carbocycles. The van der Waals surface area contributed by atoms with Crippen LogP contribution in [0.4, 0.5) is 0 Å². The summed E-state index contributed by atoms with van der Waals surface area (Å²) in [5.74, 6) is -2.74. The van der Waals surface area contributed by atoms with Crippen molar-refractivity contribution in [2.45, 2.75) is 216 Å². The molecule has 0 bridgehead atoms. The van der Waals surface area contributed by atoms with Crippen molar-refractivity contribution in [3.63, 3.8) is 0 Å². The Balaban J connectivity index is 0.000000387. The predicted octanol–water partition coefficient (Wildman–Crippen LogP) is 13.4. The van der Waals surface area contributed by atoms with E-state index in [0.717, 1.165) is 83.5 Å². The number of carboxylic acids is 2. The molecule has 6 atom stereocenters. The van der Waals surface area contributed by atoms with Crippen LogP contribution in [0.5, 0.6) is 0 Å². The molecular weight excluding hydrogens is 705 g/mol. The van der Waals surface area contributed by atoms with E-state index in [1.165, 1.54) is 48.0 Å². The molecule has 4 unspecified atom stereocenters. The summed E-state index contributed by atoms with van der Waals surface area (Å²) in [6.45, 7) is 25.5. The summed E-state index contributed by atoms with van der Waals surface area (Å²) in [5, 5.41) is 18.2. The fourth-order valence-corrected chi connectivity index (χ4v) is 7.99. The molecule has 0 aromatic heterocycles. The second-order valence-corrected chi connectivity index (χ2v) is 18.8. The average molecular weight is 785 g/mol. The molecule has 2 heterocycles. The van der Waals surface area contributed by atoms with Crippen LogP contribution in [0.2, 0.25) is 0 Å². The lowest BCUT2D eigenvalue weighted by Crippen LogP contribution is -2.41. The van der Waals surface area contributed by atoms with Crippen molar-refractivity contribution in [1.29, 1.82) is 0 Å². The number of hydrogen-bond donors (Lipinski definition) is 2. The summed E-state index contributed by atoms with van der Waals surface area (Å²) < 4.78 is 0. The van der Waals surface area contributed by atoms with Gasteiger partial charge in [-0.3, -0.25) is 9.59 Å². The van der Waals surface area contributed by atoms with Crippen LogP contribution < -0.4 is 0 Å². The van der Waals surface area contributed by atoms with Gasteiger partial charge in [0.2, 0.25) is 0 Å². The first-order valence-corrected chi connectivity index (χ1v) is 21.6. The third-order valence-corrected chi connectivity index (χ3v) is 12.5. The number of rotatable bonds is 19. The Morgan fingerprint density at radius 3 is 1.50 bits per heavy atom. The Morgan fingerprint density at radius 2 is 1.11 bits per heavy atom. The van der Waals surface area contributed by atoms with Crippen LogP contribution in [0.3, 0.4) is 0 Å². The van der Waals surface area contributed by atoms with Crippen molar-refractivity contribution >= 4 is 11.9 Å². The number of hydrogen-bond acceptors (Lipinski definition) is 6. The fourth-order valence-electron chi connectivity index (χ4n) is 7.99. The minimum atomic E-state index is -0.836. The highest BCUT2D eigenvalue weighted by Crippen LogP contribution is 2.43. The van der Waals surface area contributed by atoms with Crippen molar-refractivity contribution in [3.05, 3.63) is 57.7 Å². The summed E-state index contributed by atoms with van der Waals surface area (Å²) in [5.41, 5.74) is 8.69. The van der Waals surface area contributed by atoms with Gasteiger partial charge in [0.15, 0.2) is 0 Å². The van der Waals surface area contributed by atoms with Gasteiger partial charge in [-0.1, -0.05) is 71.6 Å². The molecule has 2 aliphatic heterocycles. The van der Waals surface area contributed by atoms with Gasteiger partial charge in [-0.15, -0.1) is 0 Å². The highest BCUT2D eigenvalue weighted by molar-refractivity contribution is 5.70. The van der Waals surface area contributed by atoms with Gasteiger partial charge in [0.25, 0.3) is 0 Å². The van der Waals surface area contributed by atoms with E-state index in [-0.39, 0.29) is 23.4 Å². The zero-order chi connectivity index (χ0) is 42.1. The molecule has 8 nitrogen and oxygen atoms in total. The van der Waals surface area contributed by atoms with Crippen molar-refractivity contribution in [2.24, 2.45) is 17.3 Å². The number of carboxylic acid groups (broad SMARTS) is 2. The summed E-state index contributed by atoms with van der Waals surface area (Å²) in [4.78, 5) is 44.2. The molecule has 0 amide bonds. The van der Waals surface area contributed by atoms with Crippen molar-refractivity contribution in [2.75, 3.05) is 0 Å². The van der Waals surface area contributed by atoms with Crippen LogP contribution in [0.1, 0.15) is 192 Å². The standard InChI is InChI=1S/2C24H40O4/c1-17(11-12-20-18(2)10-8-14-23(20,4)5)9-7-15-24(6)16-13-21(27-28-24)19(3)22(25)26;1-18(2)10-7-11-19(3)12-8-13-20(4)14-9-16-24(6)17-15-22(27-28-24)21(5)23(25)26/h9,19,21H,7-8,10-16H2,1-6H3,(H,25,26);10,12,14,21-22H,7-9,11,13,15-17H2,1-6H3,(H,25,26)/b17-9+;19-12+,20-14+/t19-,21?,24?;21-,22?,24?/m00/s1. The van der Waals surface area contributed by atoms with Gasteiger partial charge in [-0.25, -0.2) is 19.6 Å². The molecule has 8 heteroatoms. The molecule has 0 aromatic rings. The monoisotopic (exact) mass is 785 g/mol. The molecular formula is C48H80O8. The van der Waals surface area contributed by atoms with Gasteiger partial charge in [0.1, 0.15) is 23.4 Å². The third-order valence-electron chi connectivity index (χ3n) is 12.5. The summed E-state index contributed by atoms with van der Waals surface area (Å²) in [6, 6.07) is 0. The molecule has 0 spiro atoms. The third kappa shape index (κ3) is 18.0. The van der Waals surface area contributed by atoms with Gasteiger partial charge in [-0.05, 0) is 184 Å². The van der Waals surface area contributed by atoms with Crippen LogP contribution in [-0.4, -0.2) is 45.6 Å². The highest BCUT2D eigenvalue weighted by Gasteiger charge is 2.38. The smallest absolute Gasteiger partial charge is 0.308 e. The molecule has 0 saturated carbocycles. The van der Waals surface area contributed by atoms with E-state index in [0.29, 0.717) is 5.41 Å². The van der Waals surface area contributed by atoms with Gasteiger partial charge in [0.05, 0.1) is 11.8 Å². The average Bonchev–Trinajstić information content (AvgIpc) is 3.11. The van der Waals surface area contributed by atoms with Gasteiger partial charge in [0, 0.05) is 0 Å². The van der Waals surface area contributed by atoms with E-state index in [2.05, 4.69) is 93.5 Å². The molecule has 2 saturated heterocycles. The van der Waals surface area contributed by atoms with E-state index >= 15 is 0 Å². The maximum absolute atomic E-state index is 11.1. The van der Waals surface area contributed by atoms with Gasteiger partial charge < -0.3 is 10.2 Å². The lowest BCUT2D eigenvalue weighted by molar-refractivity contribution is -0.411. The topological polar surface area (TPSA) is 112 Å². The zero-order valence-corrected chi connectivity index (χ0v) is 37.5. The minimum absolute atomic E-state index is 0.323.